The largest absolute Gasteiger partial charge is 0.131 e. The van der Waals surface area contributed by atoms with Crippen molar-refractivity contribution in [1.82, 2.24) is 0 Å². The van der Waals surface area contributed by atoms with Crippen molar-refractivity contribution >= 4 is 11.8 Å². The number of rotatable bonds is 0. The van der Waals surface area contributed by atoms with Crippen LogP contribution < -0.4 is 0 Å². The monoisotopic (exact) mass is 168 g/mol. The van der Waals surface area contributed by atoms with E-state index in [0.29, 0.717) is 0 Å². The molecule has 0 aromatic rings. The van der Waals surface area contributed by atoms with Gasteiger partial charge in [0.05, 0.1) is 0 Å². The average Bonchev–Trinajstić information content (AvgIpc) is 2.02. The maximum absolute atomic E-state index is 4.02. The Morgan fingerprint density at radius 1 is 1.36 bits per heavy atom. The van der Waals surface area contributed by atoms with Crippen LogP contribution in [-0.2, 0) is 0 Å². The highest BCUT2D eigenvalue weighted by atomic mass is 32.2. The van der Waals surface area contributed by atoms with Gasteiger partial charge in [-0.25, -0.2) is 0 Å². The van der Waals surface area contributed by atoms with E-state index in [1.165, 1.54) is 41.9 Å². The van der Waals surface area contributed by atoms with Crippen LogP contribution in [-0.4, -0.2) is 5.75 Å². The van der Waals surface area contributed by atoms with Crippen LogP contribution >= 0.6 is 11.8 Å². The van der Waals surface area contributed by atoms with Gasteiger partial charge < -0.3 is 0 Å². The zero-order valence-electron chi connectivity index (χ0n) is 7.23. The zero-order valence-corrected chi connectivity index (χ0v) is 8.04. The fourth-order valence-corrected chi connectivity index (χ4v) is 2.19. The maximum atomic E-state index is 4.02. The molecule has 62 valence electrons. The van der Waals surface area contributed by atoms with Crippen LogP contribution in [0.3, 0.4) is 0 Å². The first-order chi connectivity index (χ1) is 5.29. The lowest BCUT2D eigenvalue weighted by atomic mass is 10.1. The summed E-state index contributed by atoms with van der Waals surface area (Å²) in [5, 5.41) is 0. The molecular formula is C10H16S. The Hall–Kier alpha value is -0.170. The molecule has 0 saturated carbocycles. The molecule has 0 aromatic heterocycles. The van der Waals surface area contributed by atoms with E-state index in [4.69, 9.17) is 0 Å². The molecule has 11 heavy (non-hydrogen) atoms. The third kappa shape index (κ3) is 3.66. The van der Waals surface area contributed by atoms with E-state index in [1.807, 2.05) is 11.8 Å². The van der Waals surface area contributed by atoms with Gasteiger partial charge in [0.15, 0.2) is 0 Å². The molecule has 1 rings (SSSR count). The second-order valence-electron chi connectivity index (χ2n) is 3.07. The van der Waals surface area contributed by atoms with Gasteiger partial charge in [0.2, 0.25) is 0 Å². The normalized spacial score (nSPS) is 26.3. The summed E-state index contributed by atoms with van der Waals surface area (Å²) in [7, 11) is 0. The summed E-state index contributed by atoms with van der Waals surface area (Å²) in [6.07, 6.45) is 7.48. The molecule has 0 radical (unpaired) electrons. The van der Waals surface area contributed by atoms with E-state index in [2.05, 4.69) is 19.6 Å². The Kier molecular flexibility index (Phi) is 3.78. The Balaban J connectivity index is 2.50. The summed E-state index contributed by atoms with van der Waals surface area (Å²) in [6, 6.07) is 0. The number of thioether (sulfide) groups is 1. The topological polar surface area (TPSA) is 0 Å². The van der Waals surface area contributed by atoms with Crippen molar-refractivity contribution in [3.63, 3.8) is 0 Å². The lowest BCUT2D eigenvalue weighted by Gasteiger charge is -1.97. The number of hydrogen-bond acceptors (Lipinski definition) is 1. The Morgan fingerprint density at radius 3 is 3.00 bits per heavy atom. The van der Waals surface area contributed by atoms with Crippen LogP contribution in [0.2, 0.25) is 0 Å². The molecule has 0 atom stereocenters. The minimum absolute atomic E-state index is 1.19. The highest BCUT2D eigenvalue weighted by Crippen LogP contribution is 2.22. The summed E-state index contributed by atoms with van der Waals surface area (Å²) < 4.78 is 0. The van der Waals surface area contributed by atoms with Crippen LogP contribution in [0.1, 0.15) is 32.6 Å². The zero-order chi connectivity index (χ0) is 8.10. The smallest absolute Gasteiger partial charge is 0.00233 e. The van der Waals surface area contributed by atoms with Crippen molar-refractivity contribution in [3.8, 4) is 0 Å². The molecule has 0 aliphatic carbocycles. The first-order valence-corrected chi connectivity index (χ1v) is 5.26. The van der Waals surface area contributed by atoms with E-state index in [-0.39, 0.29) is 0 Å². The molecule has 1 aliphatic heterocycles. The first-order valence-electron chi connectivity index (χ1n) is 4.28. The van der Waals surface area contributed by atoms with E-state index in [9.17, 15) is 0 Å². The van der Waals surface area contributed by atoms with Crippen molar-refractivity contribution in [2.24, 2.45) is 0 Å². The predicted octanol–water partition coefficient (Wildman–Crippen LogP) is 3.75. The van der Waals surface area contributed by atoms with E-state index in [0.717, 1.165) is 0 Å². The van der Waals surface area contributed by atoms with Gasteiger partial charge in [-0.2, -0.15) is 0 Å². The molecule has 0 nitrogen and oxygen atoms in total. The van der Waals surface area contributed by atoms with E-state index < -0.39 is 0 Å². The average molecular weight is 168 g/mol. The van der Waals surface area contributed by atoms with Crippen LogP contribution in [0.5, 0.6) is 0 Å². The van der Waals surface area contributed by atoms with E-state index >= 15 is 0 Å². The molecule has 0 aromatic carbocycles. The lowest BCUT2D eigenvalue weighted by molar-refractivity contribution is 0.727. The number of hydrogen-bond donors (Lipinski definition) is 0. The molecular weight excluding hydrogens is 152 g/mol. The fraction of sp³-hybridized carbons (Fsp3) is 0.600. The molecule has 0 spiro atoms. The molecule has 1 heterocycles. The highest BCUT2D eigenvalue weighted by molar-refractivity contribution is 8.03. The molecule has 1 heteroatoms. The van der Waals surface area contributed by atoms with Crippen molar-refractivity contribution in [1.29, 1.82) is 0 Å². The van der Waals surface area contributed by atoms with Crippen LogP contribution in [0.25, 0.3) is 0 Å². The third-order valence-electron chi connectivity index (χ3n) is 1.88. The Bertz CT molecular complexity index is 168. The van der Waals surface area contributed by atoms with Crippen LogP contribution in [0.4, 0.5) is 0 Å². The molecule has 0 fully saturated rings. The highest BCUT2D eigenvalue weighted by Gasteiger charge is 1.98. The quantitative estimate of drug-likeness (QED) is 0.531. The first kappa shape index (κ1) is 8.92. The summed E-state index contributed by atoms with van der Waals surface area (Å²) in [6.45, 7) is 6.20. The standard InChI is InChI=1S/C10H16S/c1-9-6-4-3-5-7-11-10(2)8-9/h8H,1,3-7H2,2H3/b10-8-. The summed E-state index contributed by atoms with van der Waals surface area (Å²) in [5.41, 5.74) is 1.30. The van der Waals surface area contributed by atoms with Gasteiger partial charge in [0, 0.05) is 0 Å². The van der Waals surface area contributed by atoms with Crippen molar-refractivity contribution in [2.75, 3.05) is 5.75 Å². The fourth-order valence-electron chi connectivity index (χ4n) is 1.27. The predicted molar refractivity (Wildman–Crippen MR) is 53.8 cm³/mol. The van der Waals surface area contributed by atoms with Gasteiger partial charge in [0.1, 0.15) is 0 Å². The van der Waals surface area contributed by atoms with Gasteiger partial charge in [-0.1, -0.05) is 24.6 Å². The van der Waals surface area contributed by atoms with Crippen LogP contribution in [0, 0.1) is 0 Å². The minimum Gasteiger partial charge on any atom is -0.131 e. The summed E-state index contributed by atoms with van der Waals surface area (Å²) >= 11 is 1.97. The van der Waals surface area contributed by atoms with Crippen molar-refractivity contribution < 1.29 is 0 Å². The number of allylic oxidation sites excluding steroid dienone is 3. The SMILES string of the molecule is C=C1/C=C(/C)SCCCCC1. The van der Waals surface area contributed by atoms with Gasteiger partial charge in [-0.15, -0.1) is 11.8 Å². The van der Waals surface area contributed by atoms with Gasteiger partial charge in [-0.3, -0.25) is 0 Å². The molecule has 0 saturated heterocycles. The molecule has 0 N–H and O–H groups in total. The van der Waals surface area contributed by atoms with Gasteiger partial charge in [-0.05, 0) is 36.8 Å². The molecule has 0 bridgehead atoms. The molecule has 1 aliphatic rings. The lowest BCUT2D eigenvalue weighted by Crippen LogP contribution is -1.79. The van der Waals surface area contributed by atoms with Gasteiger partial charge in [0.25, 0.3) is 0 Å². The van der Waals surface area contributed by atoms with E-state index in [1.54, 1.807) is 0 Å². The van der Waals surface area contributed by atoms with Crippen molar-refractivity contribution in [2.45, 2.75) is 32.6 Å². The third-order valence-corrected chi connectivity index (χ3v) is 2.95. The Morgan fingerprint density at radius 2 is 2.18 bits per heavy atom. The van der Waals surface area contributed by atoms with Crippen molar-refractivity contribution in [3.05, 3.63) is 23.1 Å². The Labute approximate surface area is 73.8 Å². The molecule has 0 unspecified atom stereocenters. The summed E-state index contributed by atoms with van der Waals surface area (Å²) in [5.74, 6) is 1.29. The molecule has 0 amide bonds. The second-order valence-corrected chi connectivity index (χ2v) is 4.41. The summed E-state index contributed by atoms with van der Waals surface area (Å²) in [4.78, 5) is 1.43. The van der Waals surface area contributed by atoms with Gasteiger partial charge >= 0.3 is 0 Å². The second kappa shape index (κ2) is 4.66. The van der Waals surface area contributed by atoms with Crippen LogP contribution in [0.15, 0.2) is 23.1 Å². The maximum Gasteiger partial charge on any atom is -0.00233 e. The minimum atomic E-state index is 1.19.